The van der Waals surface area contributed by atoms with E-state index in [1.165, 1.54) is 0 Å². The maximum atomic E-state index is 12.2. The lowest BCUT2D eigenvalue weighted by Gasteiger charge is -2.03. The first-order chi connectivity index (χ1) is 10.3. The lowest BCUT2D eigenvalue weighted by atomic mass is 10.0. The van der Waals surface area contributed by atoms with E-state index in [0.29, 0.717) is 11.1 Å². The third kappa shape index (κ3) is 3.35. The van der Waals surface area contributed by atoms with Gasteiger partial charge in [0.1, 0.15) is 5.69 Å². The molecule has 2 N–H and O–H groups in total. The van der Waals surface area contributed by atoms with E-state index >= 15 is 0 Å². The van der Waals surface area contributed by atoms with Crippen LogP contribution in [0, 0.1) is 6.92 Å². The normalized spacial score (nSPS) is 11.3. The maximum Gasteiger partial charge on any atom is 0.352 e. The summed E-state index contributed by atoms with van der Waals surface area (Å²) in [5.41, 5.74) is 2.18. The molecule has 0 saturated heterocycles. The Balaban J connectivity index is 2.34. The standard InChI is InChI=1S/C15H14BrF2NO3/c1-7-5-9-8(3-2-4-12(20)14(17)18)13(15(21)22)19-11(9)6-10(7)16/h5-6,14,19H,2-4H2,1H3,(H,21,22). The molecule has 1 aromatic carbocycles. The molecule has 0 aliphatic carbocycles. The Bertz CT molecular complexity index is 740. The number of rotatable bonds is 6. The Hall–Kier alpha value is -1.76. The minimum Gasteiger partial charge on any atom is -0.477 e. The van der Waals surface area contributed by atoms with Gasteiger partial charge in [-0.3, -0.25) is 4.79 Å². The highest BCUT2D eigenvalue weighted by atomic mass is 79.9. The maximum absolute atomic E-state index is 12.2. The third-order valence-electron chi connectivity index (χ3n) is 3.49. The lowest BCUT2D eigenvalue weighted by molar-refractivity contribution is -0.129. The van der Waals surface area contributed by atoms with Crippen LogP contribution in [-0.2, 0) is 11.2 Å². The van der Waals surface area contributed by atoms with Crippen molar-refractivity contribution in [1.29, 1.82) is 0 Å². The summed E-state index contributed by atoms with van der Waals surface area (Å²) in [5, 5.41) is 10.0. The number of ketones is 1. The van der Waals surface area contributed by atoms with E-state index in [1.807, 2.05) is 13.0 Å². The van der Waals surface area contributed by atoms with E-state index in [4.69, 9.17) is 0 Å². The second kappa shape index (κ2) is 6.56. The molecule has 1 heterocycles. The summed E-state index contributed by atoms with van der Waals surface area (Å²) in [6, 6.07) is 3.62. The number of Topliss-reactive ketones (excluding diaryl/α,β-unsaturated/α-hetero) is 1. The fourth-order valence-electron chi connectivity index (χ4n) is 2.37. The molecule has 0 atom stereocenters. The topological polar surface area (TPSA) is 70.2 Å². The van der Waals surface area contributed by atoms with Gasteiger partial charge in [-0.1, -0.05) is 15.9 Å². The van der Waals surface area contributed by atoms with E-state index in [9.17, 15) is 23.5 Å². The van der Waals surface area contributed by atoms with Gasteiger partial charge < -0.3 is 10.1 Å². The SMILES string of the molecule is Cc1cc2c(CCCC(=O)C(F)F)c(C(=O)O)[nH]c2cc1Br. The van der Waals surface area contributed by atoms with Crippen molar-refractivity contribution < 1.29 is 23.5 Å². The van der Waals surface area contributed by atoms with Crippen molar-refractivity contribution in [3.05, 3.63) is 33.4 Å². The first kappa shape index (κ1) is 16.6. The van der Waals surface area contributed by atoms with Crippen LogP contribution in [0.2, 0.25) is 0 Å². The van der Waals surface area contributed by atoms with E-state index in [-0.39, 0.29) is 25.0 Å². The third-order valence-corrected chi connectivity index (χ3v) is 4.35. The number of aromatic nitrogens is 1. The number of nitrogens with one attached hydrogen (secondary N) is 1. The van der Waals surface area contributed by atoms with Gasteiger partial charge in [-0.05, 0) is 43.0 Å². The molecule has 1 aromatic heterocycles. The van der Waals surface area contributed by atoms with Crippen LogP contribution in [0.3, 0.4) is 0 Å². The number of carbonyl (C=O) groups is 2. The summed E-state index contributed by atoms with van der Waals surface area (Å²) in [5.74, 6) is -2.23. The lowest BCUT2D eigenvalue weighted by Crippen LogP contribution is -2.10. The highest BCUT2D eigenvalue weighted by molar-refractivity contribution is 9.10. The summed E-state index contributed by atoms with van der Waals surface area (Å²) >= 11 is 3.38. The van der Waals surface area contributed by atoms with E-state index in [1.54, 1.807) is 6.07 Å². The van der Waals surface area contributed by atoms with Crippen molar-refractivity contribution in [1.82, 2.24) is 4.98 Å². The number of benzene rings is 1. The van der Waals surface area contributed by atoms with Gasteiger partial charge in [0.15, 0.2) is 5.78 Å². The molecule has 0 saturated carbocycles. The van der Waals surface area contributed by atoms with Gasteiger partial charge >= 0.3 is 5.97 Å². The zero-order valence-electron chi connectivity index (χ0n) is 11.8. The number of carbonyl (C=O) groups excluding carboxylic acids is 1. The summed E-state index contributed by atoms with van der Waals surface area (Å²) in [6.45, 7) is 1.88. The molecule has 0 fully saturated rings. The molecule has 2 aromatic rings. The molecule has 4 nitrogen and oxygen atoms in total. The van der Waals surface area contributed by atoms with Gasteiger partial charge in [0.05, 0.1) is 0 Å². The Morgan fingerprint density at radius 2 is 2.05 bits per heavy atom. The number of hydrogen-bond acceptors (Lipinski definition) is 2. The van der Waals surface area contributed by atoms with Crippen LogP contribution >= 0.6 is 15.9 Å². The van der Waals surface area contributed by atoms with Gasteiger partial charge in [-0.2, -0.15) is 0 Å². The average Bonchev–Trinajstić information content (AvgIpc) is 2.77. The highest BCUT2D eigenvalue weighted by Gasteiger charge is 2.19. The molecule has 0 aliphatic heterocycles. The minimum atomic E-state index is -2.97. The average molecular weight is 374 g/mol. The van der Waals surface area contributed by atoms with Crippen LogP contribution < -0.4 is 0 Å². The molecular formula is C15H14BrF2NO3. The predicted octanol–water partition coefficient (Wildman–Crippen LogP) is 4.09. The van der Waals surface area contributed by atoms with Crippen molar-refractivity contribution in [3.8, 4) is 0 Å². The molecule has 7 heteroatoms. The quantitative estimate of drug-likeness (QED) is 0.800. The van der Waals surface area contributed by atoms with E-state index < -0.39 is 18.2 Å². The van der Waals surface area contributed by atoms with Crippen molar-refractivity contribution in [2.45, 2.75) is 32.6 Å². The number of carboxylic acid groups (broad SMARTS) is 1. The number of fused-ring (bicyclic) bond motifs is 1. The molecule has 118 valence electrons. The number of hydrogen-bond donors (Lipinski definition) is 2. The first-order valence-corrected chi connectivity index (χ1v) is 7.45. The van der Waals surface area contributed by atoms with Crippen molar-refractivity contribution in [3.63, 3.8) is 0 Å². The Kier molecular flexibility index (Phi) is 4.95. The van der Waals surface area contributed by atoms with Crippen LogP contribution in [0.4, 0.5) is 8.78 Å². The number of aryl methyl sites for hydroxylation is 2. The largest absolute Gasteiger partial charge is 0.477 e. The van der Waals surface area contributed by atoms with Crippen LogP contribution in [0.15, 0.2) is 16.6 Å². The smallest absolute Gasteiger partial charge is 0.352 e. The van der Waals surface area contributed by atoms with Gasteiger partial charge in [-0.15, -0.1) is 0 Å². The number of aromatic carboxylic acids is 1. The highest BCUT2D eigenvalue weighted by Crippen LogP contribution is 2.29. The van der Waals surface area contributed by atoms with Crippen molar-refractivity contribution in [2.24, 2.45) is 0 Å². The second-order valence-electron chi connectivity index (χ2n) is 5.05. The predicted molar refractivity (Wildman–Crippen MR) is 81.6 cm³/mol. The van der Waals surface area contributed by atoms with Crippen molar-refractivity contribution in [2.75, 3.05) is 0 Å². The second-order valence-corrected chi connectivity index (χ2v) is 5.91. The molecule has 2 rings (SSSR count). The molecule has 0 unspecified atom stereocenters. The Morgan fingerprint density at radius 1 is 1.36 bits per heavy atom. The number of carboxylic acids is 1. The molecule has 22 heavy (non-hydrogen) atoms. The fourth-order valence-corrected chi connectivity index (χ4v) is 2.71. The zero-order chi connectivity index (χ0) is 16.4. The fraction of sp³-hybridized carbons (Fsp3) is 0.333. The monoisotopic (exact) mass is 373 g/mol. The summed E-state index contributed by atoms with van der Waals surface area (Å²) in [4.78, 5) is 25.1. The summed E-state index contributed by atoms with van der Waals surface area (Å²) in [6.07, 6.45) is -2.80. The number of halogens is 3. The number of aromatic amines is 1. The van der Waals surface area contributed by atoms with Crippen LogP contribution in [0.5, 0.6) is 0 Å². The summed E-state index contributed by atoms with van der Waals surface area (Å²) < 4.78 is 25.2. The summed E-state index contributed by atoms with van der Waals surface area (Å²) in [7, 11) is 0. The Morgan fingerprint density at radius 3 is 2.64 bits per heavy atom. The van der Waals surface area contributed by atoms with Crippen LogP contribution in [0.1, 0.15) is 34.5 Å². The molecule has 0 radical (unpaired) electrons. The van der Waals surface area contributed by atoms with Crippen LogP contribution in [0.25, 0.3) is 10.9 Å². The zero-order valence-corrected chi connectivity index (χ0v) is 13.3. The van der Waals surface area contributed by atoms with Gasteiger partial charge in [0.2, 0.25) is 0 Å². The van der Waals surface area contributed by atoms with Gasteiger partial charge in [0.25, 0.3) is 6.43 Å². The molecular weight excluding hydrogens is 360 g/mol. The van der Waals surface area contributed by atoms with Crippen LogP contribution in [-0.4, -0.2) is 28.3 Å². The van der Waals surface area contributed by atoms with E-state index in [0.717, 1.165) is 15.4 Å². The minimum absolute atomic E-state index is 0.0389. The number of alkyl halides is 2. The number of H-pyrrole nitrogens is 1. The molecule has 0 spiro atoms. The molecule has 0 amide bonds. The first-order valence-electron chi connectivity index (χ1n) is 6.66. The Labute approximate surface area is 133 Å². The van der Waals surface area contributed by atoms with Gasteiger partial charge in [0, 0.05) is 21.8 Å². The molecule has 0 bridgehead atoms. The van der Waals surface area contributed by atoms with E-state index in [2.05, 4.69) is 20.9 Å². The van der Waals surface area contributed by atoms with Gasteiger partial charge in [-0.25, -0.2) is 13.6 Å². The van der Waals surface area contributed by atoms with Crippen molar-refractivity contribution >= 4 is 38.6 Å². The molecule has 0 aliphatic rings.